The van der Waals surface area contributed by atoms with Crippen molar-refractivity contribution < 1.29 is 9.53 Å². The standard InChI is InChI=1S/C16H24N2O2/c1-13-6-3-4-9-18(13)12-16(19)17-11-14-7-5-8-15(10-14)20-2/h5,7-8,10,13H,3-4,6,9,11-12H2,1-2H3,(H,17,19). The highest BCUT2D eigenvalue weighted by Gasteiger charge is 2.20. The summed E-state index contributed by atoms with van der Waals surface area (Å²) in [6.07, 6.45) is 3.68. The van der Waals surface area contributed by atoms with Crippen molar-refractivity contribution in [3.8, 4) is 5.75 Å². The van der Waals surface area contributed by atoms with Crippen molar-refractivity contribution in [1.29, 1.82) is 0 Å². The summed E-state index contributed by atoms with van der Waals surface area (Å²) >= 11 is 0. The predicted molar refractivity (Wildman–Crippen MR) is 79.7 cm³/mol. The summed E-state index contributed by atoms with van der Waals surface area (Å²) in [5.74, 6) is 0.919. The van der Waals surface area contributed by atoms with E-state index in [0.29, 0.717) is 19.1 Å². The van der Waals surface area contributed by atoms with Gasteiger partial charge in [0.25, 0.3) is 0 Å². The van der Waals surface area contributed by atoms with Crippen LogP contribution < -0.4 is 10.1 Å². The van der Waals surface area contributed by atoms with Crippen molar-refractivity contribution >= 4 is 5.91 Å². The Kier molecular flexibility index (Phi) is 5.41. The number of hydrogen-bond donors (Lipinski definition) is 1. The third-order valence-corrected chi connectivity index (χ3v) is 3.91. The van der Waals surface area contributed by atoms with Crippen molar-refractivity contribution in [3.63, 3.8) is 0 Å². The Balaban J connectivity index is 1.79. The maximum atomic E-state index is 12.0. The van der Waals surface area contributed by atoms with Crippen LogP contribution >= 0.6 is 0 Å². The summed E-state index contributed by atoms with van der Waals surface area (Å²) in [5.41, 5.74) is 1.06. The number of piperidine rings is 1. The van der Waals surface area contributed by atoms with E-state index >= 15 is 0 Å². The van der Waals surface area contributed by atoms with Crippen LogP contribution in [0.1, 0.15) is 31.7 Å². The molecule has 1 unspecified atom stereocenters. The molecule has 1 fully saturated rings. The third kappa shape index (κ3) is 4.23. The summed E-state index contributed by atoms with van der Waals surface area (Å²) in [7, 11) is 1.65. The molecule has 2 rings (SSSR count). The van der Waals surface area contributed by atoms with Gasteiger partial charge in [0.2, 0.25) is 5.91 Å². The first-order valence-corrected chi connectivity index (χ1v) is 7.32. The van der Waals surface area contributed by atoms with Crippen LogP contribution in [0.4, 0.5) is 0 Å². The third-order valence-electron chi connectivity index (χ3n) is 3.91. The van der Waals surface area contributed by atoms with E-state index in [-0.39, 0.29) is 5.91 Å². The molecule has 1 atom stereocenters. The second-order valence-corrected chi connectivity index (χ2v) is 5.44. The highest BCUT2D eigenvalue weighted by atomic mass is 16.5. The van der Waals surface area contributed by atoms with Crippen LogP contribution in [-0.2, 0) is 11.3 Å². The van der Waals surface area contributed by atoms with E-state index in [1.807, 2.05) is 24.3 Å². The summed E-state index contributed by atoms with van der Waals surface area (Å²) < 4.78 is 5.18. The molecule has 0 aliphatic carbocycles. The number of carbonyl (C=O) groups is 1. The molecule has 110 valence electrons. The molecule has 0 radical (unpaired) electrons. The zero-order chi connectivity index (χ0) is 14.4. The van der Waals surface area contributed by atoms with Crippen LogP contribution in [0.3, 0.4) is 0 Å². The van der Waals surface area contributed by atoms with E-state index in [9.17, 15) is 4.79 Å². The molecule has 4 nitrogen and oxygen atoms in total. The maximum absolute atomic E-state index is 12.0. The molecule has 20 heavy (non-hydrogen) atoms. The van der Waals surface area contributed by atoms with Gasteiger partial charge < -0.3 is 10.1 Å². The fourth-order valence-electron chi connectivity index (χ4n) is 2.62. The van der Waals surface area contributed by atoms with Crippen molar-refractivity contribution in [3.05, 3.63) is 29.8 Å². The molecular weight excluding hydrogens is 252 g/mol. The number of rotatable bonds is 5. The molecule has 1 aliphatic rings. The molecular formula is C16H24N2O2. The topological polar surface area (TPSA) is 41.6 Å². The SMILES string of the molecule is COc1cccc(CNC(=O)CN2CCCCC2C)c1. The number of methoxy groups -OCH3 is 1. The number of nitrogens with zero attached hydrogens (tertiary/aromatic N) is 1. The lowest BCUT2D eigenvalue weighted by Gasteiger charge is -2.32. The zero-order valence-electron chi connectivity index (χ0n) is 12.4. The normalized spacial score (nSPS) is 19.6. The number of likely N-dealkylation sites (tertiary alicyclic amines) is 1. The Labute approximate surface area is 121 Å². The first kappa shape index (κ1) is 14.9. The summed E-state index contributed by atoms with van der Waals surface area (Å²) in [6.45, 7) is 4.30. The van der Waals surface area contributed by atoms with Crippen molar-refractivity contribution in [1.82, 2.24) is 10.2 Å². The van der Waals surface area contributed by atoms with Gasteiger partial charge in [0.15, 0.2) is 0 Å². The monoisotopic (exact) mass is 276 g/mol. The van der Waals surface area contributed by atoms with Gasteiger partial charge in [-0.2, -0.15) is 0 Å². The molecule has 1 amide bonds. The molecule has 1 aliphatic heterocycles. The van der Waals surface area contributed by atoms with E-state index in [4.69, 9.17) is 4.74 Å². The summed E-state index contributed by atoms with van der Waals surface area (Å²) in [6, 6.07) is 8.30. The lowest BCUT2D eigenvalue weighted by molar-refractivity contribution is -0.123. The predicted octanol–water partition coefficient (Wildman–Crippen LogP) is 2.19. The van der Waals surface area contributed by atoms with Gasteiger partial charge in [-0.25, -0.2) is 0 Å². The average molecular weight is 276 g/mol. The Bertz CT molecular complexity index is 448. The van der Waals surface area contributed by atoms with Gasteiger partial charge in [0.05, 0.1) is 13.7 Å². The number of carbonyl (C=O) groups excluding carboxylic acids is 1. The fraction of sp³-hybridized carbons (Fsp3) is 0.562. The van der Waals surface area contributed by atoms with Crippen molar-refractivity contribution in [2.75, 3.05) is 20.2 Å². The zero-order valence-corrected chi connectivity index (χ0v) is 12.4. The highest BCUT2D eigenvalue weighted by molar-refractivity contribution is 5.78. The summed E-state index contributed by atoms with van der Waals surface area (Å²) in [4.78, 5) is 14.3. The van der Waals surface area contributed by atoms with Crippen LogP contribution in [0.25, 0.3) is 0 Å². The Hall–Kier alpha value is -1.55. The van der Waals surface area contributed by atoms with Gasteiger partial charge in [0, 0.05) is 12.6 Å². The number of nitrogens with one attached hydrogen (secondary N) is 1. The minimum atomic E-state index is 0.0987. The molecule has 0 aromatic heterocycles. The van der Waals surface area contributed by atoms with Crippen LogP contribution in [0, 0.1) is 0 Å². The Morgan fingerprint density at radius 3 is 3.05 bits per heavy atom. The largest absolute Gasteiger partial charge is 0.497 e. The number of hydrogen-bond acceptors (Lipinski definition) is 3. The van der Waals surface area contributed by atoms with E-state index in [0.717, 1.165) is 17.9 Å². The quantitative estimate of drug-likeness (QED) is 0.896. The number of amides is 1. The minimum Gasteiger partial charge on any atom is -0.497 e. The van der Waals surface area contributed by atoms with E-state index < -0.39 is 0 Å². The number of benzene rings is 1. The smallest absolute Gasteiger partial charge is 0.234 e. The van der Waals surface area contributed by atoms with Crippen LogP contribution in [0.15, 0.2) is 24.3 Å². The Morgan fingerprint density at radius 2 is 2.30 bits per heavy atom. The second kappa shape index (κ2) is 7.29. The minimum absolute atomic E-state index is 0.0987. The fourth-order valence-corrected chi connectivity index (χ4v) is 2.62. The lowest BCUT2D eigenvalue weighted by atomic mass is 10.0. The van der Waals surface area contributed by atoms with E-state index in [1.165, 1.54) is 19.3 Å². The van der Waals surface area contributed by atoms with Gasteiger partial charge >= 0.3 is 0 Å². The molecule has 0 spiro atoms. The van der Waals surface area contributed by atoms with Crippen molar-refractivity contribution in [2.45, 2.75) is 38.8 Å². The number of ether oxygens (including phenoxy) is 1. The first-order valence-electron chi connectivity index (χ1n) is 7.32. The van der Waals surface area contributed by atoms with Crippen LogP contribution in [-0.4, -0.2) is 37.0 Å². The molecule has 0 bridgehead atoms. The molecule has 0 saturated carbocycles. The van der Waals surface area contributed by atoms with Crippen LogP contribution in [0.5, 0.6) is 5.75 Å². The van der Waals surface area contributed by atoms with Gasteiger partial charge in [-0.3, -0.25) is 9.69 Å². The Morgan fingerprint density at radius 1 is 1.45 bits per heavy atom. The van der Waals surface area contributed by atoms with E-state index in [2.05, 4.69) is 17.1 Å². The highest BCUT2D eigenvalue weighted by Crippen LogP contribution is 2.16. The molecule has 1 heterocycles. The maximum Gasteiger partial charge on any atom is 0.234 e. The second-order valence-electron chi connectivity index (χ2n) is 5.44. The molecule has 1 aromatic rings. The van der Waals surface area contributed by atoms with E-state index in [1.54, 1.807) is 7.11 Å². The van der Waals surface area contributed by atoms with Crippen LogP contribution in [0.2, 0.25) is 0 Å². The summed E-state index contributed by atoms with van der Waals surface area (Å²) in [5, 5.41) is 2.98. The van der Waals surface area contributed by atoms with Gasteiger partial charge in [-0.05, 0) is 44.0 Å². The average Bonchev–Trinajstić information content (AvgIpc) is 2.48. The van der Waals surface area contributed by atoms with Gasteiger partial charge in [-0.15, -0.1) is 0 Å². The molecule has 4 heteroatoms. The molecule has 1 saturated heterocycles. The molecule has 1 N–H and O–H groups in total. The van der Waals surface area contributed by atoms with Gasteiger partial charge in [0.1, 0.15) is 5.75 Å². The van der Waals surface area contributed by atoms with Crippen molar-refractivity contribution in [2.24, 2.45) is 0 Å². The van der Waals surface area contributed by atoms with Gasteiger partial charge in [-0.1, -0.05) is 18.6 Å². The lowest BCUT2D eigenvalue weighted by Crippen LogP contribution is -2.44. The molecule has 1 aromatic carbocycles. The first-order chi connectivity index (χ1) is 9.69.